The summed E-state index contributed by atoms with van der Waals surface area (Å²) in [5, 5.41) is 11.7. The van der Waals surface area contributed by atoms with E-state index in [9.17, 15) is 23.1 Å². The van der Waals surface area contributed by atoms with E-state index in [2.05, 4.69) is 21.4 Å². The number of hydrogen-bond donors (Lipinski definition) is 2. The van der Waals surface area contributed by atoms with Gasteiger partial charge in [0.15, 0.2) is 0 Å². The van der Waals surface area contributed by atoms with Gasteiger partial charge in [-0.05, 0) is 92.0 Å². The Morgan fingerprint density at radius 3 is 2.38 bits per heavy atom. The molecule has 248 valence electrons. The lowest BCUT2D eigenvalue weighted by Gasteiger charge is -2.38. The highest BCUT2D eigenvalue weighted by Crippen LogP contribution is 2.60. The monoisotopic (exact) mass is 658 g/mol. The second-order valence-corrected chi connectivity index (χ2v) is 16.0. The van der Waals surface area contributed by atoms with Gasteiger partial charge in [-0.3, -0.25) is 9.59 Å². The first-order chi connectivity index (χ1) is 22.5. The normalized spacial score (nSPS) is 23.9. The maximum absolute atomic E-state index is 14.5. The van der Waals surface area contributed by atoms with Gasteiger partial charge in [0.1, 0.15) is 11.2 Å². The number of methoxy groups -OCH3 is 1. The second kappa shape index (κ2) is 10.9. The maximum Gasteiger partial charge on any atom is 0.304 e. The molecule has 2 amide bonds. The van der Waals surface area contributed by atoms with E-state index in [1.165, 1.54) is 16.3 Å². The molecule has 1 aromatic heterocycles. The first-order valence-electron chi connectivity index (χ1n) is 16.9. The highest BCUT2D eigenvalue weighted by molar-refractivity contribution is 7.87. The molecule has 2 N–H and O–H groups in total. The molecule has 0 radical (unpaired) electrons. The van der Waals surface area contributed by atoms with Gasteiger partial charge in [0.25, 0.3) is 5.91 Å². The lowest BCUT2D eigenvalue weighted by molar-refractivity contribution is -0.139. The summed E-state index contributed by atoms with van der Waals surface area (Å²) in [4.78, 5) is 29.9. The number of fused-ring (bicyclic) bond motifs is 7. The lowest BCUT2D eigenvalue weighted by atomic mass is 9.81. The molecule has 0 bridgehead atoms. The zero-order valence-electron chi connectivity index (χ0n) is 27.0. The molecule has 3 fully saturated rings. The third kappa shape index (κ3) is 5.00. The predicted molar refractivity (Wildman–Crippen MR) is 179 cm³/mol. The summed E-state index contributed by atoms with van der Waals surface area (Å²) in [6.45, 7) is 3.99. The summed E-state index contributed by atoms with van der Waals surface area (Å²) in [5.41, 5.74) is 4.75. The van der Waals surface area contributed by atoms with Crippen LogP contribution in [0.2, 0.25) is 0 Å². The zero-order chi connectivity index (χ0) is 32.7. The minimum atomic E-state index is -3.91. The molecule has 3 aliphatic heterocycles. The summed E-state index contributed by atoms with van der Waals surface area (Å²) in [6, 6.07) is 11.6. The van der Waals surface area contributed by atoms with Crippen LogP contribution < -0.4 is 9.46 Å². The van der Waals surface area contributed by atoms with Crippen LogP contribution in [-0.4, -0.2) is 78.0 Å². The van der Waals surface area contributed by atoms with Crippen LogP contribution in [0.4, 0.5) is 0 Å². The lowest BCUT2D eigenvalue weighted by Crippen LogP contribution is -2.49. The van der Waals surface area contributed by atoms with Gasteiger partial charge in [-0.1, -0.05) is 31.4 Å². The van der Waals surface area contributed by atoms with Gasteiger partial charge in [-0.15, -0.1) is 0 Å². The second-order valence-electron chi connectivity index (χ2n) is 14.3. The molecule has 2 aliphatic carbocycles. The van der Waals surface area contributed by atoms with E-state index in [0.717, 1.165) is 71.2 Å². The van der Waals surface area contributed by atoms with Gasteiger partial charge in [-0.25, -0.2) is 4.72 Å². The minimum absolute atomic E-state index is 0.0280. The average Bonchev–Trinajstić information content (AvgIpc) is 3.69. The maximum atomic E-state index is 14.5. The van der Waals surface area contributed by atoms with Gasteiger partial charge in [0.2, 0.25) is 5.91 Å². The Bertz CT molecular complexity index is 1940. The molecule has 8 rings (SSSR count). The zero-order valence-corrected chi connectivity index (χ0v) is 27.9. The number of nitrogens with zero attached hydrogens (tertiary/aromatic N) is 3. The van der Waals surface area contributed by atoms with Gasteiger partial charge in [-0.2, -0.15) is 12.7 Å². The van der Waals surface area contributed by atoms with Crippen molar-refractivity contribution in [2.45, 2.75) is 76.4 Å². The van der Waals surface area contributed by atoms with Crippen LogP contribution in [0.3, 0.4) is 0 Å². The number of rotatable bonds is 6. The standard InChI is InChI=1S/C36H42N4O6S/c1-35(43)13-17-38(18-14-35)34(42)36-21-29(36)28-20-25(46-2)10-12-26(28)32-31(23-7-4-3-5-8-23)27-11-9-24(19-30(27)40(32)22-36)33(41)37-47(44,45)39-15-6-16-39/h9-12,19-21,23,43H,3-8,13-18,22H2,1-2H3,(H,37,41). The van der Waals surface area contributed by atoms with Crippen LogP contribution in [0.5, 0.6) is 5.75 Å². The Balaban J connectivity index is 1.29. The van der Waals surface area contributed by atoms with Crippen molar-refractivity contribution in [2.75, 3.05) is 33.3 Å². The van der Waals surface area contributed by atoms with E-state index in [1.54, 1.807) is 19.2 Å². The summed E-state index contributed by atoms with van der Waals surface area (Å²) >= 11 is 0. The fourth-order valence-corrected chi connectivity index (χ4v) is 9.47. The summed E-state index contributed by atoms with van der Waals surface area (Å²) in [6.07, 6.45) is 9.53. The van der Waals surface area contributed by atoms with Crippen LogP contribution in [0.15, 0.2) is 42.5 Å². The molecule has 3 aromatic rings. The van der Waals surface area contributed by atoms with Crippen molar-refractivity contribution < 1.29 is 27.9 Å². The van der Waals surface area contributed by atoms with Crippen molar-refractivity contribution >= 4 is 38.5 Å². The van der Waals surface area contributed by atoms with Crippen molar-refractivity contribution in [3.05, 3.63) is 59.2 Å². The summed E-state index contributed by atoms with van der Waals surface area (Å²) < 4.78 is 37.0. The smallest absolute Gasteiger partial charge is 0.304 e. The Morgan fingerprint density at radius 1 is 0.957 bits per heavy atom. The molecule has 47 heavy (non-hydrogen) atoms. The van der Waals surface area contributed by atoms with E-state index >= 15 is 0 Å². The molecule has 11 heteroatoms. The fraction of sp³-hybridized carbons (Fsp3) is 0.500. The number of hydrogen-bond acceptors (Lipinski definition) is 6. The van der Waals surface area contributed by atoms with Gasteiger partial charge in [0.05, 0.1) is 18.4 Å². The highest BCUT2D eigenvalue weighted by Gasteiger charge is 2.56. The van der Waals surface area contributed by atoms with Crippen molar-refractivity contribution in [1.82, 2.24) is 18.5 Å². The number of carbonyl (C=O) groups excluding carboxylic acids is 2. The first-order valence-corrected chi connectivity index (χ1v) is 18.4. The average molecular weight is 659 g/mol. The van der Waals surface area contributed by atoms with E-state index in [-0.39, 0.29) is 11.5 Å². The Hall–Kier alpha value is -3.67. The number of likely N-dealkylation sites (tertiary alicyclic amines) is 1. The minimum Gasteiger partial charge on any atom is -0.497 e. The third-order valence-corrected chi connectivity index (χ3v) is 12.7. The van der Waals surface area contributed by atoms with E-state index in [4.69, 9.17) is 4.74 Å². The Morgan fingerprint density at radius 2 is 1.70 bits per heavy atom. The van der Waals surface area contributed by atoms with Gasteiger partial charge < -0.3 is 19.3 Å². The molecule has 5 aliphatic rings. The van der Waals surface area contributed by atoms with Crippen molar-refractivity contribution in [3.8, 4) is 17.0 Å². The number of ether oxygens (including phenoxy) is 1. The number of nitrogens with one attached hydrogen (secondary N) is 1. The van der Waals surface area contributed by atoms with E-state index in [0.29, 0.717) is 51.5 Å². The topological polar surface area (TPSA) is 121 Å². The predicted octanol–water partition coefficient (Wildman–Crippen LogP) is 4.82. The molecule has 2 saturated heterocycles. The molecule has 1 atom stereocenters. The van der Waals surface area contributed by atoms with Gasteiger partial charge >= 0.3 is 10.2 Å². The molecule has 0 spiro atoms. The van der Waals surface area contributed by atoms with E-state index < -0.39 is 27.1 Å². The number of piperidine rings is 1. The fourth-order valence-electron chi connectivity index (χ4n) is 8.25. The summed E-state index contributed by atoms with van der Waals surface area (Å²) in [7, 11) is -2.26. The number of aromatic nitrogens is 1. The van der Waals surface area contributed by atoms with Crippen LogP contribution in [0.1, 0.15) is 85.7 Å². The number of amides is 2. The number of benzene rings is 2. The van der Waals surface area contributed by atoms with Crippen molar-refractivity contribution in [2.24, 2.45) is 5.41 Å². The number of carbonyl (C=O) groups is 2. The number of aliphatic hydroxyl groups is 1. The highest BCUT2D eigenvalue weighted by atomic mass is 32.2. The first kappa shape index (κ1) is 30.7. The molecule has 10 nitrogen and oxygen atoms in total. The largest absolute Gasteiger partial charge is 0.497 e. The molecule has 1 saturated carbocycles. The SMILES string of the molecule is COc1ccc2c(c1)C1=CC1(C(=O)N1CCC(C)(O)CC1)Cn1c-2c(C2CCCCC2)c2ccc(C(=O)NS(=O)(=O)N3CCC3)cc21. The van der Waals surface area contributed by atoms with Crippen LogP contribution in [-0.2, 0) is 21.5 Å². The molecule has 4 heterocycles. The molecular weight excluding hydrogens is 616 g/mol. The third-order valence-electron chi connectivity index (χ3n) is 11.2. The van der Waals surface area contributed by atoms with Crippen molar-refractivity contribution in [1.29, 1.82) is 0 Å². The quantitative estimate of drug-likeness (QED) is 0.392. The van der Waals surface area contributed by atoms with Crippen LogP contribution >= 0.6 is 0 Å². The van der Waals surface area contributed by atoms with Crippen LogP contribution in [0.25, 0.3) is 27.7 Å². The van der Waals surface area contributed by atoms with Crippen molar-refractivity contribution in [3.63, 3.8) is 0 Å². The Kier molecular flexibility index (Phi) is 7.13. The van der Waals surface area contributed by atoms with Gasteiger partial charge in [0, 0.05) is 54.8 Å². The van der Waals surface area contributed by atoms with Crippen LogP contribution in [0, 0.1) is 5.41 Å². The molecule has 2 aromatic carbocycles. The Labute approximate surface area is 275 Å². The van der Waals surface area contributed by atoms with E-state index in [1.807, 2.05) is 30.0 Å². The molecular formula is C36H42N4O6S. The summed E-state index contributed by atoms with van der Waals surface area (Å²) in [5.74, 6) is 0.408. The molecule has 1 unspecified atom stereocenters.